The Hall–Kier alpha value is -4.84. The maximum Gasteiger partial charge on any atom is 3.00 e. The molecule has 0 saturated heterocycles. The summed E-state index contributed by atoms with van der Waals surface area (Å²) >= 11 is 0. The van der Waals surface area contributed by atoms with Gasteiger partial charge in [-0.15, -0.1) is 20.5 Å². The van der Waals surface area contributed by atoms with E-state index in [1.54, 1.807) is 146 Å². The first-order valence-corrected chi connectivity index (χ1v) is 19.3. The van der Waals surface area contributed by atoms with Crippen LogP contribution in [0.2, 0.25) is 0 Å². The van der Waals surface area contributed by atoms with Crippen LogP contribution in [-0.4, -0.2) is 72.9 Å². The van der Waals surface area contributed by atoms with E-state index in [1.807, 2.05) is 0 Å². The van der Waals surface area contributed by atoms with Crippen LogP contribution in [-0.2, 0) is 108 Å². The van der Waals surface area contributed by atoms with E-state index in [4.69, 9.17) is 67.9 Å². The number of nitrogens with zero attached hydrogens (tertiary/aromatic N) is 8. The molecule has 6 rings (SSSR count). The zero-order valence-electron chi connectivity index (χ0n) is 38.1. The Morgan fingerprint density at radius 1 is 0.303 bits per heavy atom. The largest absolute Gasteiger partial charge is 3.00 e. The summed E-state index contributed by atoms with van der Waals surface area (Å²) in [4.78, 5) is 39.2. The molecule has 0 unspecified atom stereocenters. The summed E-state index contributed by atoms with van der Waals surface area (Å²) in [5, 5.41) is 89.9. The fraction of sp³-hybridized carbons (Fsp3) is 0.167. The Labute approximate surface area is 477 Å². The van der Waals surface area contributed by atoms with Crippen molar-refractivity contribution in [3.8, 4) is 0 Å². The molecule has 40 heteroatoms. The van der Waals surface area contributed by atoms with E-state index in [-0.39, 0.29) is 141 Å². The van der Waals surface area contributed by atoms with Gasteiger partial charge in [-0.1, -0.05) is 76.0 Å². The number of halogens is 2. The minimum absolute atomic E-state index is 0. The number of rotatable bonds is 6. The summed E-state index contributed by atoms with van der Waals surface area (Å²) in [7, 11) is -9.89. The number of hydrogen-bond donors (Lipinski definition) is 0. The van der Waals surface area contributed by atoms with E-state index in [1.165, 1.54) is 0 Å². The molecule has 0 aliphatic carbocycles. The average molecular weight is 1300 g/mol. The third kappa shape index (κ3) is 106. The molecule has 0 aromatic carbocycles. The summed E-state index contributed by atoms with van der Waals surface area (Å²) in [6, 6.07) is 31.9. The molecule has 0 spiro atoms. The molecule has 0 saturated carbocycles. The first kappa shape index (κ1) is 107. The van der Waals surface area contributed by atoms with Crippen molar-refractivity contribution in [3.05, 3.63) is 211 Å². The van der Waals surface area contributed by atoms with Gasteiger partial charge < -0.3 is 94.1 Å². The molecule has 0 amide bonds. The van der Waals surface area contributed by atoms with E-state index < -0.39 is 30.7 Å². The van der Waals surface area contributed by atoms with E-state index in [0.717, 1.165) is 0 Å². The summed E-state index contributed by atoms with van der Waals surface area (Å²) in [5.41, 5.74) is 3.63. The third-order valence-electron chi connectivity index (χ3n) is 5.24. The molecular formula is C36H48Cl2Mn4N8O26. The van der Waals surface area contributed by atoms with Gasteiger partial charge in [0, 0.05) is 71.3 Å². The number of pyridine rings is 6. The van der Waals surface area contributed by atoms with Crippen molar-refractivity contribution in [2.45, 2.75) is 39.6 Å². The van der Waals surface area contributed by atoms with Crippen molar-refractivity contribution in [1.82, 2.24) is 29.9 Å². The van der Waals surface area contributed by atoms with Gasteiger partial charge in [-0.25, -0.2) is 37.3 Å². The molecule has 0 aliphatic rings. The van der Waals surface area contributed by atoms with Crippen molar-refractivity contribution in [2.75, 3.05) is 0 Å². The van der Waals surface area contributed by atoms with Crippen molar-refractivity contribution in [3.63, 3.8) is 0 Å². The molecule has 6 heterocycles. The van der Waals surface area contributed by atoms with Crippen LogP contribution in [0.1, 0.15) is 34.2 Å². The monoisotopic (exact) mass is 1300 g/mol. The van der Waals surface area contributed by atoms with Crippen molar-refractivity contribution in [2.24, 2.45) is 0 Å². The molecule has 34 nitrogen and oxygen atoms in total. The Bertz CT molecular complexity index is 1620. The fourth-order valence-corrected chi connectivity index (χ4v) is 2.90. The molecule has 6 aromatic heterocycles. The maximum absolute atomic E-state index is 10.1. The Balaban J connectivity index is -0.0000000466. The summed E-state index contributed by atoms with van der Waals surface area (Å²) in [6.45, 7) is -1.33. The van der Waals surface area contributed by atoms with Gasteiger partial charge in [0.2, 0.25) is 0 Å². The molecular weight excluding hydrogens is 1250 g/mol. The zero-order valence-corrected chi connectivity index (χ0v) is 44.3. The van der Waals surface area contributed by atoms with E-state index >= 15 is 0 Å². The average Bonchev–Trinajstić information content (AvgIpc) is 3.30. The quantitative estimate of drug-likeness (QED) is 0.0849. The second-order valence-electron chi connectivity index (χ2n) is 10.00. The van der Waals surface area contributed by atoms with Gasteiger partial charge >= 0.3 is 68.3 Å². The summed E-state index contributed by atoms with van der Waals surface area (Å²) < 4.78 is 67.9. The van der Waals surface area contributed by atoms with Gasteiger partial charge in [-0.2, -0.15) is 0 Å². The summed E-state index contributed by atoms with van der Waals surface area (Å²) in [5.74, 6) is 0. The molecule has 6 aromatic rings. The molecule has 0 fully saturated rings. The third-order valence-corrected chi connectivity index (χ3v) is 5.24. The molecule has 76 heavy (non-hydrogen) atoms. The van der Waals surface area contributed by atoms with Crippen LogP contribution in [0.4, 0.5) is 0 Å². The molecule has 12 N–H and O–H groups in total. The second-order valence-corrected chi connectivity index (χ2v) is 11.5. The molecule has 2 radical (unpaired) electrons. The van der Waals surface area contributed by atoms with E-state index in [9.17, 15) is 30.6 Å². The maximum atomic E-state index is 10.1. The summed E-state index contributed by atoms with van der Waals surface area (Å²) in [6.07, 6.45) is 9.71. The molecule has 430 valence electrons. The first-order valence-electron chi connectivity index (χ1n) is 16.8. The minimum atomic E-state index is -4.94. The normalized spacial score (nSPS) is 7.97. The van der Waals surface area contributed by atoms with Gasteiger partial charge in [0.25, 0.3) is 0 Å². The van der Waals surface area contributed by atoms with Crippen LogP contribution < -0.4 is 67.9 Å². The van der Waals surface area contributed by atoms with Gasteiger partial charge in [-0.3, -0.25) is 29.9 Å². The SMILES string of the molecule is O.O.O.O.O.O.O=[N+]([O-])[O-].O=[N+]([O-])[O-].[Mn+2].[Mn+2].[Mn+3].[Mn+3].[O-]Cc1ccccn1.[O-]Cc1ccccn1.[O-]Cc1ccccn1.[O-]Cc1ccccn1.[O-]Cc1ccccn1.[O-]Cc1ccccn1.[O-][Cl+3]([O-])([O-])[O-].[O-][Cl+3]([O-])([O-])[O-]. The Morgan fingerprint density at radius 2 is 0.395 bits per heavy atom. The standard InChI is InChI=1S/6C6H6NO.2ClHO4.4Mn.2NO3.6H2O/c6*8-5-6-3-1-2-4-7-6;2*2-1(3,4)5;;;;;2*2-1(3)4;;;;;;/h6*1-4H,5H2;2*(H,2,3,4,5);;;;;;;6*1H2/q6*-1;;;2*+2;2*+3;2*-1;;;;;;/p-2. The van der Waals surface area contributed by atoms with Gasteiger partial charge in [-0.05, 0) is 72.8 Å². The van der Waals surface area contributed by atoms with E-state index in [0.29, 0.717) is 34.2 Å². The second kappa shape index (κ2) is 74.4. The van der Waals surface area contributed by atoms with Gasteiger partial charge in [0.05, 0.1) is 10.2 Å². The number of hydrogen-bond acceptors (Lipinski definition) is 26. The van der Waals surface area contributed by atoms with Crippen LogP contribution in [0, 0.1) is 51.1 Å². The Kier molecular flexibility index (Phi) is 105. The smallest absolute Gasteiger partial charge is 0.850 e. The van der Waals surface area contributed by atoms with Crippen molar-refractivity contribution in [1.29, 1.82) is 0 Å². The van der Waals surface area contributed by atoms with Crippen LogP contribution in [0.3, 0.4) is 0 Å². The van der Waals surface area contributed by atoms with Crippen molar-refractivity contribution < 1.29 is 200 Å². The predicted octanol–water partition coefficient (Wildman–Crippen LogP) is -15.3. The van der Waals surface area contributed by atoms with Crippen LogP contribution in [0.15, 0.2) is 146 Å². The zero-order chi connectivity index (χ0) is 51.1. The van der Waals surface area contributed by atoms with Gasteiger partial charge in [0.15, 0.2) is 0 Å². The van der Waals surface area contributed by atoms with Crippen LogP contribution in [0.25, 0.3) is 0 Å². The van der Waals surface area contributed by atoms with E-state index in [2.05, 4.69) is 29.9 Å². The Morgan fingerprint density at radius 3 is 0.434 bits per heavy atom. The minimum Gasteiger partial charge on any atom is -0.850 e. The first-order chi connectivity index (χ1) is 31.1. The fourth-order valence-electron chi connectivity index (χ4n) is 2.90. The number of aromatic nitrogens is 6. The van der Waals surface area contributed by atoms with Crippen LogP contribution >= 0.6 is 0 Å². The van der Waals surface area contributed by atoms with Gasteiger partial charge in [0.1, 0.15) is 0 Å². The van der Waals surface area contributed by atoms with Crippen LogP contribution in [0.5, 0.6) is 0 Å². The molecule has 0 atom stereocenters. The topological polar surface area (TPSA) is 722 Å². The predicted molar refractivity (Wildman–Crippen MR) is 210 cm³/mol. The molecule has 0 aliphatic heterocycles. The molecule has 0 bridgehead atoms. The van der Waals surface area contributed by atoms with Crippen molar-refractivity contribution >= 4 is 0 Å².